The van der Waals surface area contributed by atoms with Crippen molar-refractivity contribution in [3.8, 4) is 0 Å². The maximum atomic E-state index is 11.0. The number of hydrogen-bond donors (Lipinski definition) is 4. The summed E-state index contributed by atoms with van der Waals surface area (Å²) in [7, 11) is -4.45. The fraction of sp³-hybridized carbons (Fsp3) is 1.00. The highest BCUT2D eigenvalue weighted by Crippen LogP contribution is 2.50. The molecule has 0 aliphatic carbocycles. The second-order valence-electron chi connectivity index (χ2n) is 6.44. The summed E-state index contributed by atoms with van der Waals surface area (Å²) in [6, 6.07) is 0.897. The van der Waals surface area contributed by atoms with Crippen molar-refractivity contribution in [1.82, 2.24) is 4.90 Å². The van der Waals surface area contributed by atoms with E-state index >= 15 is 0 Å². The predicted octanol–water partition coefficient (Wildman–Crippen LogP) is 1.56. The Morgan fingerprint density at radius 1 is 1.15 bits per heavy atom. The minimum Gasteiger partial charge on any atom is -0.432 e. The van der Waals surface area contributed by atoms with Crippen LogP contribution in [0.3, 0.4) is 0 Å². The van der Waals surface area contributed by atoms with Gasteiger partial charge in [0.2, 0.25) is 0 Å². The van der Waals surface area contributed by atoms with Crippen LogP contribution in [0, 0.1) is 0 Å². The molecular weight excluding hydrogens is 297 g/mol. The van der Waals surface area contributed by atoms with Crippen LogP contribution in [0.5, 0.6) is 0 Å². The van der Waals surface area contributed by atoms with Gasteiger partial charge in [-0.05, 0) is 65.5 Å². The van der Waals surface area contributed by atoms with Crippen LogP contribution in [0.4, 0.5) is 0 Å². The summed E-state index contributed by atoms with van der Waals surface area (Å²) in [5.41, 5.74) is 0. The summed E-state index contributed by atoms with van der Waals surface area (Å²) in [6.45, 7) is 6.63. The van der Waals surface area contributed by atoms with Crippen molar-refractivity contribution in [2.24, 2.45) is 0 Å². The van der Waals surface area contributed by atoms with Crippen LogP contribution in [-0.2, 0) is 4.57 Å². The lowest BCUT2D eigenvalue weighted by Crippen LogP contribution is -2.28. The summed E-state index contributed by atoms with van der Waals surface area (Å²) in [6.07, 6.45) is 2.62. The summed E-state index contributed by atoms with van der Waals surface area (Å²) in [4.78, 5) is 29.8. The van der Waals surface area contributed by atoms with Crippen LogP contribution in [0.15, 0.2) is 0 Å². The fourth-order valence-corrected chi connectivity index (χ4v) is 3.45. The smallest absolute Gasteiger partial charge is 0.356 e. The highest BCUT2D eigenvalue weighted by Gasteiger charge is 2.39. The van der Waals surface area contributed by atoms with Gasteiger partial charge in [-0.1, -0.05) is 6.42 Å². The third-order valence-electron chi connectivity index (χ3n) is 3.40. The Hall–Kier alpha value is 0.247. The Morgan fingerprint density at radius 3 is 2.10 bits per heavy atom. The normalized spacial score (nSPS) is 16.4. The first-order valence-electron chi connectivity index (χ1n) is 7.04. The first kappa shape index (κ1) is 20.2. The van der Waals surface area contributed by atoms with Crippen molar-refractivity contribution in [2.45, 2.75) is 57.1 Å². The molecule has 0 saturated heterocycles. The molecule has 0 bridgehead atoms. The number of unbranched alkanes of at least 4 members (excludes halogenated alkanes) is 1. The molecule has 20 heavy (non-hydrogen) atoms. The van der Waals surface area contributed by atoms with Gasteiger partial charge in [-0.2, -0.15) is 0 Å². The number of nitrogens with zero attached hydrogens (tertiary/aromatic N) is 1. The molecule has 0 aromatic rings. The Morgan fingerprint density at radius 2 is 1.65 bits per heavy atom. The lowest BCUT2D eigenvalue weighted by molar-refractivity contribution is 0.0947. The summed E-state index contributed by atoms with van der Waals surface area (Å²) >= 11 is 0. The van der Waals surface area contributed by atoms with Crippen LogP contribution >= 0.6 is 7.60 Å². The van der Waals surface area contributed by atoms with Gasteiger partial charge in [0.15, 0.2) is 13.7 Å². The zero-order chi connectivity index (χ0) is 16.0. The molecule has 0 heterocycles. The minimum atomic E-state index is -4.46. The number of rotatable bonds is 10. The molecule has 0 spiro atoms. The van der Waals surface area contributed by atoms with E-state index in [1.807, 2.05) is 20.1 Å². The highest BCUT2D eigenvalue weighted by atomic mass is 31.2. The van der Waals surface area contributed by atoms with E-state index in [1.54, 1.807) is 0 Å². The van der Waals surface area contributed by atoms with E-state index in [0.29, 0.717) is 13.0 Å². The molecule has 0 saturated carbocycles. The zero-order valence-electron chi connectivity index (χ0n) is 13.0. The summed E-state index contributed by atoms with van der Waals surface area (Å²) in [5, 5.41) is 7.73. The van der Waals surface area contributed by atoms with Crippen molar-refractivity contribution in [3.63, 3.8) is 0 Å². The standard InChI is InChI=1S/C12H30NO5PSi/c1-12(14,19(15,16)17)8-7-10-13(2)9-5-6-11-20(3,4)18/h14,18H,5-11H2,1-4H3,(H2,15,16,17). The van der Waals surface area contributed by atoms with Crippen molar-refractivity contribution >= 4 is 15.9 Å². The van der Waals surface area contributed by atoms with Crippen molar-refractivity contribution in [2.75, 3.05) is 20.1 Å². The fourth-order valence-electron chi connectivity index (χ4n) is 1.88. The van der Waals surface area contributed by atoms with Gasteiger partial charge >= 0.3 is 7.60 Å². The first-order chi connectivity index (χ1) is 8.85. The molecule has 0 aromatic heterocycles. The van der Waals surface area contributed by atoms with Crippen molar-refractivity contribution in [3.05, 3.63) is 0 Å². The molecule has 0 aliphatic heterocycles. The minimum absolute atomic E-state index is 0.0816. The Labute approximate surface area is 123 Å². The van der Waals surface area contributed by atoms with Crippen LogP contribution < -0.4 is 0 Å². The second kappa shape index (κ2) is 8.03. The third-order valence-corrected chi connectivity index (χ3v) is 6.45. The van der Waals surface area contributed by atoms with Crippen LogP contribution in [0.1, 0.15) is 32.6 Å². The van der Waals surface area contributed by atoms with Gasteiger partial charge in [0.05, 0.1) is 0 Å². The highest BCUT2D eigenvalue weighted by molar-refractivity contribution is 7.53. The zero-order valence-corrected chi connectivity index (χ0v) is 14.9. The maximum Gasteiger partial charge on any atom is 0.356 e. The number of aliphatic hydroxyl groups is 1. The van der Waals surface area contributed by atoms with E-state index in [4.69, 9.17) is 9.79 Å². The molecule has 6 nitrogen and oxygen atoms in total. The van der Waals surface area contributed by atoms with Gasteiger partial charge in [-0.3, -0.25) is 4.57 Å². The molecule has 122 valence electrons. The average Bonchev–Trinajstić information content (AvgIpc) is 2.21. The predicted molar refractivity (Wildman–Crippen MR) is 83.1 cm³/mol. The van der Waals surface area contributed by atoms with E-state index in [0.717, 1.165) is 25.4 Å². The van der Waals surface area contributed by atoms with E-state index in [2.05, 4.69) is 4.90 Å². The largest absolute Gasteiger partial charge is 0.432 e. The topological polar surface area (TPSA) is 101 Å². The second-order valence-corrected chi connectivity index (χ2v) is 12.6. The van der Waals surface area contributed by atoms with Gasteiger partial charge < -0.3 is 24.6 Å². The Bertz CT molecular complexity index is 326. The maximum absolute atomic E-state index is 11.0. The lowest BCUT2D eigenvalue weighted by atomic mass is 10.2. The van der Waals surface area contributed by atoms with Gasteiger partial charge in [0.25, 0.3) is 0 Å². The van der Waals surface area contributed by atoms with Gasteiger partial charge in [-0.25, -0.2) is 0 Å². The van der Waals surface area contributed by atoms with Crippen molar-refractivity contribution < 1.29 is 24.3 Å². The molecular formula is C12H30NO5PSi. The van der Waals surface area contributed by atoms with E-state index < -0.39 is 21.3 Å². The Balaban J connectivity index is 3.80. The summed E-state index contributed by atoms with van der Waals surface area (Å²) in [5.74, 6) is 0. The molecule has 0 aromatic carbocycles. The molecule has 0 fully saturated rings. The van der Waals surface area contributed by atoms with E-state index in [9.17, 15) is 14.5 Å². The SMILES string of the molecule is CN(CCCC[Si](C)(C)O)CCCC(C)(O)P(=O)(O)O. The lowest BCUT2D eigenvalue weighted by Gasteiger charge is -2.25. The summed E-state index contributed by atoms with van der Waals surface area (Å²) < 4.78 is 11.0. The van der Waals surface area contributed by atoms with Crippen LogP contribution in [0.2, 0.25) is 19.1 Å². The number of hydrogen-bond acceptors (Lipinski definition) is 4. The Kier molecular flexibility index (Phi) is 8.13. The molecule has 0 aliphatic rings. The third kappa shape index (κ3) is 9.23. The molecule has 8 heteroatoms. The first-order valence-corrected chi connectivity index (χ1v) is 11.8. The van der Waals surface area contributed by atoms with Crippen LogP contribution in [0.25, 0.3) is 0 Å². The molecule has 0 amide bonds. The average molecular weight is 327 g/mol. The van der Waals surface area contributed by atoms with E-state index in [-0.39, 0.29) is 6.42 Å². The van der Waals surface area contributed by atoms with Gasteiger partial charge in [0.1, 0.15) is 0 Å². The van der Waals surface area contributed by atoms with Crippen molar-refractivity contribution in [1.29, 1.82) is 0 Å². The quantitative estimate of drug-likeness (QED) is 0.276. The molecule has 0 radical (unpaired) electrons. The molecule has 1 unspecified atom stereocenters. The van der Waals surface area contributed by atoms with Gasteiger partial charge in [-0.15, -0.1) is 0 Å². The van der Waals surface area contributed by atoms with Crippen LogP contribution in [-0.4, -0.2) is 58.4 Å². The molecule has 4 N–H and O–H groups in total. The molecule has 1 atom stereocenters. The monoisotopic (exact) mass is 327 g/mol. The van der Waals surface area contributed by atoms with Gasteiger partial charge in [0, 0.05) is 0 Å². The molecule has 0 rings (SSSR count). The van der Waals surface area contributed by atoms with E-state index in [1.165, 1.54) is 6.92 Å².